The molecule has 1 aromatic heterocycles. The second-order valence-corrected chi connectivity index (χ2v) is 6.72. The van der Waals surface area contributed by atoms with Gasteiger partial charge in [-0.05, 0) is 24.6 Å². The molecule has 0 aliphatic carbocycles. The van der Waals surface area contributed by atoms with Crippen LogP contribution < -0.4 is 5.32 Å². The van der Waals surface area contributed by atoms with E-state index in [2.05, 4.69) is 53.6 Å². The summed E-state index contributed by atoms with van der Waals surface area (Å²) in [4.78, 5) is 10.9. The molecule has 1 heterocycles. The molecular formula is C15H20BrIN4S. The molecule has 1 aromatic carbocycles. The van der Waals surface area contributed by atoms with E-state index >= 15 is 0 Å². The predicted octanol–water partition coefficient (Wildman–Crippen LogP) is 4.04. The van der Waals surface area contributed by atoms with Crippen LogP contribution in [0.15, 0.2) is 39.1 Å². The second kappa shape index (κ2) is 9.46. The minimum atomic E-state index is 0. The maximum atomic E-state index is 4.49. The number of aryl methyl sites for hydroxylation is 1. The van der Waals surface area contributed by atoms with Crippen LogP contribution in [0, 0.1) is 6.92 Å². The zero-order valence-electron chi connectivity index (χ0n) is 12.8. The molecule has 0 aliphatic heterocycles. The molecule has 0 saturated heterocycles. The molecule has 0 bridgehead atoms. The molecule has 7 heteroatoms. The number of halogens is 2. The van der Waals surface area contributed by atoms with Gasteiger partial charge in [0.25, 0.3) is 0 Å². The highest BCUT2D eigenvalue weighted by Gasteiger charge is 2.08. The van der Waals surface area contributed by atoms with Gasteiger partial charge in [-0.2, -0.15) is 0 Å². The van der Waals surface area contributed by atoms with Crippen molar-refractivity contribution in [3.8, 4) is 0 Å². The first-order chi connectivity index (χ1) is 10.1. The van der Waals surface area contributed by atoms with Crippen molar-refractivity contribution in [3.63, 3.8) is 0 Å². The third kappa shape index (κ3) is 5.85. The molecular weight excluding hydrogens is 475 g/mol. The Morgan fingerprint density at radius 3 is 2.82 bits per heavy atom. The smallest absolute Gasteiger partial charge is 0.194 e. The maximum Gasteiger partial charge on any atom is 0.194 e. The molecule has 0 atom stereocenters. The van der Waals surface area contributed by atoms with Gasteiger partial charge >= 0.3 is 0 Å². The van der Waals surface area contributed by atoms with Crippen molar-refractivity contribution in [2.75, 3.05) is 14.1 Å². The van der Waals surface area contributed by atoms with Crippen molar-refractivity contribution >= 4 is 57.2 Å². The fraction of sp³-hybridized carbons (Fsp3) is 0.333. The molecule has 2 rings (SSSR count). The van der Waals surface area contributed by atoms with Gasteiger partial charge in [0.15, 0.2) is 5.96 Å². The van der Waals surface area contributed by atoms with Gasteiger partial charge < -0.3 is 10.2 Å². The fourth-order valence-electron chi connectivity index (χ4n) is 2.01. The molecule has 4 nitrogen and oxygen atoms in total. The SMILES string of the molecule is CN=C(NCc1cccc(Br)c1)N(C)Cc1csc(C)n1.I. The molecule has 0 spiro atoms. The average molecular weight is 495 g/mol. The molecule has 0 amide bonds. The quantitative estimate of drug-likeness (QED) is 0.396. The number of rotatable bonds is 4. The minimum Gasteiger partial charge on any atom is -0.352 e. The summed E-state index contributed by atoms with van der Waals surface area (Å²) in [5.74, 6) is 0.862. The van der Waals surface area contributed by atoms with E-state index in [0.717, 1.165) is 34.2 Å². The Labute approximate surface area is 161 Å². The lowest BCUT2D eigenvalue weighted by Gasteiger charge is -2.21. The molecule has 22 heavy (non-hydrogen) atoms. The van der Waals surface area contributed by atoms with Crippen LogP contribution in [0.1, 0.15) is 16.3 Å². The van der Waals surface area contributed by atoms with Crippen LogP contribution in [-0.4, -0.2) is 29.9 Å². The van der Waals surface area contributed by atoms with Crippen LogP contribution in [-0.2, 0) is 13.1 Å². The number of benzene rings is 1. The van der Waals surface area contributed by atoms with Crippen molar-refractivity contribution in [1.29, 1.82) is 0 Å². The largest absolute Gasteiger partial charge is 0.352 e. The lowest BCUT2D eigenvalue weighted by atomic mass is 10.2. The lowest BCUT2D eigenvalue weighted by molar-refractivity contribution is 0.470. The number of aliphatic imine (C=N–C) groups is 1. The number of aromatic nitrogens is 1. The van der Waals surface area contributed by atoms with Gasteiger partial charge in [-0.25, -0.2) is 4.98 Å². The topological polar surface area (TPSA) is 40.5 Å². The van der Waals surface area contributed by atoms with Crippen LogP contribution in [0.3, 0.4) is 0 Å². The van der Waals surface area contributed by atoms with Crippen molar-refractivity contribution in [2.24, 2.45) is 4.99 Å². The zero-order chi connectivity index (χ0) is 15.2. The third-order valence-electron chi connectivity index (χ3n) is 2.98. The van der Waals surface area contributed by atoms with E-state index in [9.17, 15) is 0 Å². The van der Waals surface area contributed by atoms with Gasteiger partial charge in [-0.15, -0.1) is 35.3 Å². The van der Waals surface area contributed by atoms with Crippen LogP contribution >= 0.6 is 51.2 Å². The van der Waals surface area contributed by atoms with E-state index < -0.39 is 0 Å². The van der Waals surface area contributed by atoms with Crippen LogP contribution in [0.2, 0.25) is 0 Å². The highest BCUT2D eigenvalue weighted by molar-refractivity contribution is 14.0. The predicted molar refractivity (Wildman–Crippen MR) is 108 cm³/mol. The zero-order valence-corrected chi connectivity index (χ0v) is 17.6. The first-order valence-electron chi connectivity index (χ1n) is 6.65. The van der Waals surface area contributed by atoms with Gasteiger partial charge in [-0.3, -0.25) is 4.99 Å². The molecule has 0 radical (unpaired) electrons. The summed E-state index contributed by atoms with van der Waals surface area (Å²) in [6, 6.07) is 8.25. The molecule has 0 unspecified atom stereocenters. The Hall–Kier alpha value is -0.670. The summed E-state index contributed by atoms with van der Waals surface area (Å²) in [6.45, 7) is 3.52. The molecule has 1 N–H and O–H groups in total. The van der Waals surface area contributed by atoms with Gasteiger partial charge in [0.2, 0.25) is 0 Å². The lowest BCUT2D eigenvalue weighted by Crippen LogP contribution is -2.38. The Morgan fingerprint density at radius 1 is 1.45 bits per heavy atom. The standard InChI is InChI=1S/C15H19BrN4S.HI/c1-11-19-14(10-21-11)9-20(3)15(17-2)18-8-12-5-4-6-13(16)7-12;/h4-7,10H,8-9H2,1-3H3,(H,17,18);1H. The van der Waals surface area contributed by atoms with E-state index in [-0.39, 0.29) is 24.0 Å². The average Bonchev–Trinajstić information content (AvgIpc) is 2.85. The summed E-state index contributed by atoms with van der Waals surface area (Å²) >= 11 is 5.16. The minimum absolute atomic E-state index is 0. The number of hydrogen-bond acceptors (Lipinski definition) is 3. The highest BCUT2D eigenvalue weighted by Crippen LogP contribution is 2.12. The van der Waals surface area contributed by atoms with Gasteiger partial charge in [0, 0.05) is 30.5 Å². The number of guanidine groups is 1. The van der Waals surface area contributed by atoms with E-state index in [4.69, 9.17) is 0 Å². The van der Waals surface area contributed by atoms with E-state index in [1.807, 2.05) is 26.1 Å². The Balaban J connectivity index is 0.00000242. The van der Waals surface area contributed by atoms with Crippen LogP contribution in [0.4, 0.5) is 0 Å². The normalized spacial score (nSPS) is 11.0. The van der Waals surface area contributed by atoms with Crippen LogP contribution in [0.25, 0.3) is 0 Å². The van der Waals surface area contributed by atoms with E-state index in [1.54, 1.807) is 18.4 Å². The third-order valence-corrected chi connectivity index (χ3v) is 4.29. The first kappa shape index (κ1) is 19.4. The second-order valence-electron chi connectivity index (χ2n) is 4.74. The summed E-state index contributed by atoms with van der Waals surface area (Å²) in [5, 5.41) is 6.55. The molecule has 0 aliphatic rings. The van der Waals surface area contributed by atoms with Gasteiger partial charge in [0.1, 0.15) is 0 Å². The number of hydrogen-bond donors (Lipinski definition) is 1. The Kier molecular flexibility index (Phi) is 8.34. The van der Waals surface area contributed by atoms with Gasteiger partial charge in [0.05, 0.1) is 17.2 Å². The first-order valence-corrected chi connectivity index (χ1v) is 8.33. The summed E-state index contributed by atoms with van der Waals surface area (Å²) < 4.78 is 1.09. The van der Waals surface area contributed by atoms with E-state index in [0.29, 0.717) is 0 Å². The Morgan fingerprint density at radius 2 is 2.23 bits per heavy atom. The highest BCUT2D eigenvalue weighted by atomic mass is 127. The van der Waals surface area contributed by atoms with Crippen molar-refractivity contribution < 1.29 is 0 Å². The number of nitrogens with one attached hydrogen (secondary N) is 1. The van der Waals surface area contributed by atoms with Gasteiger partial charge in [-0.1, -0.05) is 28.1 Å². The maximum absolute atomic E-state index is 4.49. The summed E-state index contributed by atoms with van der Waals surface area (Å²) in [7, 11) is 3.82. The monoisotopic (exact) mass is 494 g/mol. The van der Waals surface area contributed by atoms with Crippen molar-refractivity contribution in [3.05, 3.63) is 50.4 Å². The summed E-state index contributed by atoms with van der Waals surface area (Å²) in [6.07, 6.45) is 0. The number of nitrogens with zero attached hydrogens (tertiary/aromatic N) is 3. The molecule has 2 aromatic rings. The van der Waals surface area contributed by atoms with Crippen LogP contribution in [0.5, 0.6) is 0 Å². The fourth-order valence-corrected chi connectivity index (χ4v) is 3.06. The van der Waals surface area contributed by atoms with Crippen molar-refractivity contribution in [2.45, 2.75) is 20.0 Å². The Bertz CT molecular complexity index is 630. The van der Waals surface area contributed by atoms with E-state index in [1.165, 1.54) is 5.56 Å². The van der Waals surface area contributed by atoms with Crippen molar-refractivity contribution in [1.82, 2.24) is 15.2 Å². The number of thiazole rings is 1. The molecule has 0 fully saturated rings. The molecule has 120 valence electrons. The summed E-state index contributed by atoms with van der Waals surface area (Å²) in [5.41, 5.74) is 2.29. The molecule has 0 saturated carbocycles.